The molecule has 4 heteroatoms. The van der Waals surface area contributed by atoms with Gasteiger partial charge in [-0.3, -0.25) is 0 Å². The molecule has 0 spiro atoms. The van der Waals surface area contributed by atoms with Gasteiger partial charge in [0.05, 0.1) is 0 Å². The van der Waals surface area contributed by atoms with E-state index in [2.05, 4.69) is 22.9 Å². The SMILES string of the molecule is CC[C@H](N)c1cc(Br)c(Cl)s1. The first-order valence-electron chi connectivity index (χ1n) is 3.35. The summed E-state index contributed by atoms with van der Waals surface area (Å²) in [6, 6.07) is 2.12. The fourth-order valence-corrected chi connectivity index (χ4v) is 2.57. The van der Waals surface area contributed by atoms with Crippen LogP contribution in [0.25, 0.3) is 0 Å². The van der Waals surface area contributed by atoms with Gasteiger partial charge in [-0.2, -0.15) is 0 Å². The Morgan fingerprint density at radius 3 is 2.82 bits per heavy atom. The summed E-state index contributed by atoms with van der Waals surface area (Å²) in [5.41, 5.74) is 5.81. The van der Waals surface area contributed by atoms with Gasteiger partial charge in [-0.05, 0) is 28.4 Å². The predicted molar refractivity (Wildman–Crippen MR) is 54.2 cm³/mol. The Morgan fingerprint density at radius 2 is 2.45 bits per heavy atom. The van der Waals surface area contributed by atoms with Crippen LogP contribution >= 0.6 is 38.9 Å². The molecule has 0 unspecified atom stereocenters. The van der Waals surface area contributed by atoms with E-state index in [1.165, 1.54) is 0 Å². The van der Waals surface area contributed by atoms with E-state index < -0.39 is 0 Å². The molecule has 2 N–H and O–H groups in total. The summed E-state index contributed by atoms with van der Waals surface area (Å²) < 4.78 is 1.73. The van der Waals surface area contributed by atoms with Crippen molar-refractivity contribution >= 4 is 38.9 Å². The van der Waals surface area contributed by atoms with Crippen LogP contribution in [0.5, 0.6) is 0 Å². The first-order valence-corrected chi connectivity index (χ1v) is 5.34. The maximum Gasteiger partial charge on any atom is 0.107 e. The third-order valence-electron chi connectivity index (χ3n) is 1.47. The number of nitrogens with two attached hydrogens (primary N) is 1. The van der Waals surface area contributed by atoms with Crippen LogP contribution in [0.3, 0.4) is 0 Å². The van der Waals surface area contributed by atoms with Crippen molar-refractivity contribution in [2.75, 3.05) is 0 Å². The van der Waals surface area contributed by atoms with Gasteiger partial charge in [0.25, 0.3) is 0 Å². The summed E-state index contributed by atoms with van der Waals surface area (Å²) >= 11 is 10.7. The maximum atomic E-state index is 5.85. The van der Waals surface area contributed by atoms with Crippen molar-refractivity contribution in [2.45, 2.75) is 19.4 Å². The zero-order valence-electron chi connectivity index (χ0n) is 6.10. The van der Waals surface area contributed by atoms with Crippen molar-refractivity contribution in [3.8, 4) is 0 Å². The quantitative estimate of drug-likeness (QED) is 0.858. The molecule has 62 valence electrons. The molecule has 0 saturated carbocycles. The summed E-state index contributed by atoms with van der Waals surface area (Å²) in [5.74, 6) is 0. The van der Waals surface area contributed by atoms with Crippen molar-refractivity contribution < 1.29 is 0 Å². The first-order chi connectivity index (χ1) is 5.15. The molecule has 0 aliphatic carbocycles. The van der Waals surface area contributed by atoms with Crippen LogP contribution in [-0.4, -0.2) is 0 Å². The fraction of sp³-hybridized carbons (Fsp3) is 0.429. The van der Waals surface area contributed by atoms with Gasteiger partial charge in [0.1, 0.15) is 4.34 Å². The normalized spacial score (nSPS) is 13.5. The van der Waals surface area contributed by atoms with E-state index in [-0.39, 0.29) is 6.04 Å². The number of hydrogen-bond donors (Lipinski definition) is 1. The van der Waals surface area contributed by atoms with Gasteiger partial charge < -0.3 is 5.73 Å². The van der Waals surface area contributed by atoms with Crippen molar-refractivity contribution in [3.63, 3.8) is 0 Å². The van der Waals surface area contributed by atoms with Crippen molar-refractivity contribution in [1.82, 2.24) is 0 Å². The number of thiophene rings is 1. The Balaban J connectivity index is 2.88. The second kappa shape index (κ2) is 3.90. The molecule has 0 amide bonds. The van der Waals surface area contributed by atoms with Gasteiger partial charge in [-0.15, -0.1) is 11.3 Å². The lowest BCUT2D eigenvalue weighted by Gasteiger charge is -2.02. The van der Waals surface area contributed by atoms with Gasteiger partial charge in [0.15, 0.2) is 0 Å². The van der Waals surface area contributed by atoms with Crippen LogP contribution in [-0.2, 0) is 0 Å². The Labute approximate surface area is 83.7 Å². The van der Waals surface area contributed by atoms with Crippen LogP contribution in [0, 0.1) is 0 Å². The molecule has 0 radical (unpaired) electrons. The van der Waals surface area contributed by atoms with E-state index in [4.69, 9.17) is 17.3 Å². The molecule has 0 saturated heterocycles. The minimum Gasteiger partial charge on any atom is -0.323 e. The highest BCUT2D eigenvalue weighted by Crippen LogP contribution is 2.35. The molecular formula is C7H9BrClNS. The Morgan fingerprint density at radius 1 is 1.82 bits per heavy atom. The van der Waals surface area contributed by atoms with E-state index in [9.17, 15) is 0 Å². The van der Waals surface area contributed by atoms with Crippen LogP contribution in [0.4, 0.5) is 0 Å². The average molecular weight is 255 g/mol. The lowest BCUT2D eigenvalue weighted by molar-refractivity contribution is 0.712. The van der Waals surface area contributed by atoms with Crippen LogP contribution in [0.2, 0.25) is 4.34 Å². The average Bonchev–Trinajstić information content (AvgIpc) is 2.31. The second-order valence-electron chi connectivity index (χ2n) is 2.29. The molecule has 1 atom stereocenters. The minimum atomic E-state index is 0.129. The minimum absolute atomic E-state index is 0.129. The van der Waals surface area contributed by atoms with E-state index in [0.717, 1.165) is 20.1 Å². The summed E-state index contributed by atoms with van der Waals surface area (Å²) in [7, 11) is 0. The highest BCUT2D eigenvalue weighted by atomic mass is 79.9. The van der Waals surface area contributed by atoms with Crippen LogP contribution in [0.15, 0.2) is 10.5 Å². The van der Waals surface area contributed by atoms with Gasteiger partial charge in [-0.1, -0.05) is 18.5 Å². The Bertz CT molecular complexity index is 229. The van der Waals surface area contributed by atoms with E-state index >= 15 is 0 Å². The topological polar surface area (TPSA) is 26.0 Å². The van der Waals surface area contributed by atoms with Crippen LogP contribution in [0.1, 0.15) is 24.3 Å². The van der Waals surface area contributed by atoms with Crippen LogP contribution < -0.4 is 5.73 Å². The zero-order valence-corrected chi connectivity index (χ0v) is 9.26. The number of rotatable bonds is 2. The van der Waals surface area contributed by atoms with Crippen molar-refractivity contribution in [2.24, 2.45) is 5.73 Å². The lowest BCUT2D eigenvalue weighted by atomic mass is 10.2. The van der Waals surface area contributed by atoms with Gasteiger partial charge in [-0.25, -0.2) is 0 Å². The molecule has 0 aliphatic heterocycles. The molecule has 1 heterocycles. The smallest absolute Gasteiger partial charge is 0.107 e. The molecule has 0 bridgehead atoms. The standard InChI is InChI=1S/C7H9BrClNS/c1-2-5(10)6-3-4(8)7(9)11-6/h3,5H,2,10H2,1H3/t5-/m0/s1. The van der Waals surface area contributed by atoms with Gasteiger partial charge in [0, 0.05) is 15.4 Å². The van der Waals surface area contributed by atoms with E-state index in [1.54, 1.807) is 11.3 Å². The predicted octanol–water partition coefficient (Wildman–Crippen LogP) is 3.57. The van der Waals surface area contributed by atoms with E-state index in [0.29, 0.717) is 0 Å². The highest BCUT2D eigenvalue weighted by Gasteiger charge is 2.09. The molecule has 0 aliphatic rings. The molecule has 11 heavy (non-hydrogen) atoms. The molecular weight excluding hydrogens is 246 g/mol. The van der Waals surface area contributed by atoms with E-state index in [1.807, 2.05) is 6.07 Å². The lowest BCUT2D eigenvalue weighted by Crippen LogP contribution is -2.05. The van der Waals surface area contributed by atoms with Gasteiger partial charge in [0.2, 0.25) is 0 Å². The summed E-state index contributed by atoms with van der Waals surface area (Å²) in [5, 5.41) is 0. The highest BCUT2D eigenvalue weighted by molar-refractivity contribution is 9.10. The molecule has 1 nitrogen and oxygen atoms in total. The molecule has 1 aromatic heterocycles. The molecule has 1 aromatic rings. The zero-order chi connectivity index (χ0) is 8.43. The molecule has 0 fully saturated rings. The van der Waals surface area contributed by atoms with Gasteiger partial charge >= 0.3 is 0 Å². The second-order valence-corrected chi connectivity index (χ2v) is 4.83. The Kier molecular flexibility index (Phi) is 3.37. The number of halogens is 2. The summed E-state index contributed by atoms with van der Waals surface area (Å²) in [6.45, 7) is 2.06. The largest absolute Gasteiger partial charge is 0.323 e. The van der Waals surface area contributed by atoms with Crippen molar-refractivity contribution in [1.29, 1.82) is 0 Å². The number of hydrogen-bond acceptors (Lipinski definition) is 2. The Hall–Kier alpha value is 0.430. The van der Waals surface area contributed by atoms with Crippen molar-refractivity contribution in [3.05, 3.63) is 19.8 Å². The monoisotopic (exact) mass is 253 g/mol. The molecule has 1 rings (SSSR count). The third-order valence-corrected chi connectivity index (χ3v) is 4.08. The summed E-state index contributed by atoms with van der Waals surface area (Å²) in [6.07, 6.45) is 0.948. The first kappa shape index (κ1) is 9.52. The third kappa shape index (κ3) is 2.18. The fourth-order valence-electron chi connectivity index (χ4n) is 0.747. The maximum absolute atomic E-state index is 5.85. The summed E-state index contributed by atoms with van der Waals surface area (Å²) in [4.78, 5) is 1.14. The molecule has 0 aromatic carbocycles.